The summed E-state index contributed by atoms with van der Waals surface area (Å²) < 4.78 is 92.5. The molecule has 3 saturated heterocycles. The molecule has 0 spiro atoms. The Balaban J connectivity index is 1.24. The van der Waals surface area contributed by atoms with E-state index in [0.717, 1.165) is 28.3 Å². The van der Waals surface area contributed by atoms with Crippen LogP contribution in [0.3, 0.4) is 0 Å². The van der Waals surface area contributed by atoms with Gasteiger partial charge in [-0.3, -0.25) is 19.2 Å². The third kappa shape index (κ3) is 19.9. The van der Waals surface area contributed by atoms with Crippen molar-refractivity contribution in [1.82, 2.24) is 5.32 Å². The normalized spacial score (nSPS) is 27.3. The van der Waals surface area contributed by atoms with Crippen LogP contribution in [-0.2, 0) is 112 Å². The molecular formula is C66H81NO19Si. The molecule has 0 radical (unpaired) electrons. The number of benzene rings is 5. The highest BCUT2D eigenvalue weighted by atomic mass is 28.3. The first-order valence-corrected chi connectivity index (χ1v) is 33.1. The zero-order valence-electron chi connectivity index (χ0n) is 50.5. The molecule has 8 rings (SSSR count). The van der Waals surface area contributed by atoms with E-state index in [0.29, 0.717) is 0 Å². The lowest BCUT2D eigenvalue weighted by molar-refractivity contribution is -0.370. The molecule has 1 N–H and O–H groups in total. The fraction of sp³-hybridized carbons (Fsp3) is 0.470. The van der Waals surface area contributed by atoms with Crippen molar-refractivity contribution in [3.05, 3.63) is 179 Å². The number of nitrogens with one attached hydrogen (secondary N) is 1. The molecule has 0 aromatic heterocycles. The number of hydrogen-bond donors (Lipinski definition) is 1. The number of hydrogen-bond acceptors (Lipinski definition) is 19. The average molecular weight is 1220 g/mol. The molecule has 5 aromatic carbocycles. The number of ether oxygens (including phenoxy) is 14. The molecule has 0 saturated carbocycles. The highest BCUT2D eigenvalue weighted by Crippen LogP contribution is 2.38. The number of amides is 1. The lowest BCUT2D eigenvalue weighted by Crippen LogP contribution is -2.70. The number of rotatable bonds is 28. The fourth-order valence-corrected chi connectivity index (χ4v) is 11.1. The van der Waals surface area contributed by atoms with Crippen molar-refractivity contribution in [1.29, 1.82) is 0 Å². The van der Waals surface area contributed by atoms with Crippen LogP contribution in [0.5, 0.6) is 0 Å². The molecule has 3 aliphatic rings. The molecule has 87 heavy (non-hydrogen) atoms. The molecule has 5 aromatic rings. The Morgan fingerprint density at radius 1 is 0.448 bits per heavy atom. The van der Waals surface area contributed by atoms with E-state index in [1.807, 2.05) is 121 Å². The van der Waals surface area contributed by atoms with E-state index in [1.165, 1.54) is 27.7 Å². The van der Waals surface area contributed by atoms with Gasteiger partial charge in [-0.05, 0) is 47.4 Å². The lowest BCUT2D eigenvalue weighted by atomic mass is 9.93. The van der Waals surface area contributed by atoms with Crippen LogP contribution < -0.4 is 5.32 Å². The molecule has 0 bridgehead atoms. The summed E-state index contributed by atoms with van der Waals surface area (Å²) in [5.74, 6) is -3.61. The van der Waals surface area contributed by atoms with Gasteiger partial charge in [-0.1, -0.05) is 159 Å². The summed E-state index contributed by atoms with van der Waals surface area (Å²) in [6, 6.07) is 45.4. The summed E-state index contributed by atoms with van der Waals surface area (Å²) in [5, 5.41) is 2.94. The number of esters is 4. The minimum atomic E-state index is -1.71. The van der Waals surface area contributed by atoms with Gasteiger partial charge in [0.25, 0.3) is 0 Å². The minimum absolute atomic E-state index is 0.0108. The molecule has 3 aliphatic heterocycles. The van der Waals surface area contributed by atoms with Gasteiger partial charge in [-0.2, -0.15) is 0 Å². The molecule has 15 atom stereocenters. The van der Waals surface area contributed by atoms with Crippen LogP contribution in [0, 0.1) is 0 Å². The summed E-state index contributed by atoms with van der Waals surface area (Å²) >= 11 is 0. The maximum atomic E-state index is 14.4. The highest BCUT2D eigenvalue weighted by Gasteiger charge is 2.58. The Bertz CT molecular complexity index is 2930. The van der Waals surface area contributed by atoms with Crippen molar-refractivity contribution in [3.63, 3.8) is 0 Å². The first-order chi connectivity index (χ1) is 41.9. The summed E-state index contributed by atoms with van der Waals surface area (Å²) in [6.07, 6.45) is -18.3. The summed E-state index contributed by atoms with van der Waals surface area (Å²) in [4.78, 5) is 68.1. The maximum Gasteiger partial charge on any atom is 0.338 e. The molecule has 21 heteroatoms. The number of carbonyl (C=O) groups is 5. The first-order valence-electron chi connectivity index (χ1n) is 29.4. The van der Waals surface area contributed by atoms with Gasteiger partial charge < -0.3 is 71.6 Å². The largest absolute Gasteiger partial charge is 0.463 e. The topological polar surface area (TPSA) is 227 Å². The van der Waals surface area contributed by atoms with Crippen LogP contribution in [0.1, 0.15) is 67.2 Å². The van der Waals surface area contributed by atoms with Crippen molar-refractivity contribution in [2.75, 3.05) is 19.8 Å². The van der Waals surface area contributed by atoms with E-state index in [1.54, 1.807) is 37.3 Å². The Morgan fingerprint density at radius 2 is 0.908 bits per heavy atom. The second-order valence-electron chi connectivity index (χ2n) is 22.9. The minimum Gasteiger partial charge on any atom is -0.463 e. The second-order valence-corrected chi connectivity index (χ2v) is 28.5. The van der Waals surface area contributed by atoms with E-state index >= 15 is 0 Å². The van der Waals surface area contributed by atoms with E-state index in [4.69, 9.17) is 66.3 Å². The van der Waals surface area contributed by atoms with Crippen LogP contribution in [-0.4, -0.2) is 150 Å². The SMILES string of the molecule is CC(=O)N[C@H]1[C@@H](O[C@@H]2[C@@H](OCc3ccccc3)[C@H](C)O[C@@H](OCC[Si](C)(C)C)[C@@H]2OC(=O)c2ccccc2)O[C@H](COC(C)=O)[C@@H](OC(C)=O)[C@@H]1O[C@H]1O[C@H](COCc2ccccc2)[C@@H](OCc2ccccc2)[C@H](OCc2ccccc2)[C@H]1OC(C)=O. The van der Waals surface area contributed by atoms with Gasteiger partial charge in [0.15, 0.2) is 37.2 Å². The fourth-order valence-electron chi connectivity index (χ4n) is 10.4. The van der Waals surface area contributed by atoms with E-state index < -0.39 is 137 Å². The first kappa shape index (κ1) is 66.2. The zero-order valence-corrected chi connectivity index (χ0v) is 51.5. The van der Waals surface area contributed by atoms with Gasteiger partial charge in [0.1, 0.15) is 55.4 Å². The third-order valence-electron chi connectivity index (χ3n) is 14.6. The molecule has 3 fully saturated rings. The van der Waals surface area contributed by atoms with Crippen molar-refractivity contribution in [3.8, 4) is 0 Å². The Kier molecular flexibility index (Phi) is 24.7. The van der Waals surface area contributed by atoms with Gasteiger partial charge in [-0.15, -0.1) is 0 Å². The molecular weight excluding hydrogens is 1140 g/mol. The average Bonchev–Trinajstić information content (AvgIpc) is 1.02. The molecule has 20 nitrogen and oxygen atoms in total. The molecule has 468 valence electrons. The van der Waals surface area contributed by atoms with E-state index in [9.17, 15) is 24.0 Å². The van der Waals surface area contributed by atoms with Crippen molar-refractivity contribution in [2.45, 2.75) is 179 Å². The van der Waals surface area contributed by atoms with Crippen molar-refractivity contribution in [2.24, 2.45) is 0 Å². The van der Waals surface area contributed by atoms with Crippen LogP contribution >= 0.6 is 0 Å². The van der Waals surface area contributed by atoms with Gasteiger partial charge in [0.05, 0.1) is 44.7 Å². The van der Waals surface area contributed by atoms with E-state index in [-0.39, 0.29) is 45.2 Å². The summed E-state index contributed by atoms with van der Waals surface area (Å²) in [5.41, 5.74) is 3.51. The summed E-state index contributed by atoms with van der Waals surface area (Å²) in [6.45, 7) is 13.1. The summed E-state index contributed by atoms with van der Waals surface area (Å²) in [7, 11) is -1.71. The Morgan fingerprint density at radius 3 is 1.43 bits per heavy atom. The van der Waals surface area contributed by atoms with Crippen molar-refractivity contribution < 1.29 is 90.3 Å². The molecule has 0 aliphatic carbocycles. The van der Waals surface area contributed by atoms with Crippen LogP contribution in [0.4, 0.5) is 0 Å². The Hall–Kier alpha value is -6.73. The third-order valence-corrected chi connectivity index (χ3v) is 16.3. The van der Waals surface area contributed by atoms with Crippen LogP contribution in [0.15, 0.2) is 152 Å². The van der Waals surface area contributed by atoms with Gasteiger partial charge >= 0.3 is 23.9 Å². The second kappa shape index (κ2) is 32.5. The lowest BCUT2D eigenvalue weighted by Gasteiger charge is -2.51. The van der Waals surface area contributed by atoms with Crippen LogP contribution in [0.25, 0.3) is 0 Å². The maximum absolute atomic E-state index is 14.4. The van der Waals surface area contributed by atoms with Gasteiger partial charge in [-0.25, -0.2) is 4.79 Å². The van der Waals surface area contributed by atoms with Gasteiger partial charge in [0, 0.05) is 42.4 Å². The predicted octanol–water partition coefficient (Wildman–Crippen LogP) is 8.44. The molecule has 0 unspecified atom stereocenters. The number of carbonyl (C=O) groups excluding carboxylic acids is 5. The molecule has 3 heterocycles. The van der Waals surface area contributed by atoms with Crippen LogP contribution in [0.2, 0.25) is 25.7 Å². The van der Waals surface area contributed by atoms with Gasteiger partial charge in [0.2, 0.25) is 5.91 Å². The highest BCUT2D eigenvalue weighted by molar-refractivity contribution is 6.76. The molecule has 1 amide bonds. The van der Waals surface area contributed by atoms with E-state index in [2.05, 4.69) is 25.0 Å². The van der Waals surface area contributed by atoms with Crippen molar-refractivity contribution >= 4 is 37.9 Å². The Labute approximate surface area is 509 Å². The quantitative estimate of drug-likeness (QED) is 0.0281. The predicted molar refractivity (Wildman–Crippen MR) is 318 cm³/mol. The zero-order chi connectivity index (χ0) is 61.9. The standard InChI is InChI=1S/C66H81NO19Si/c1-42-55(76-37-48-26-16-10-17-27-48)60(62(65(79-42)74-34-35-87(6,7)8)84-63(72)51-32-22-13-23-33-51)86-64-54(67-43(2)68)58(57(80-45(4)70)53(82-64)41-75-44(3)69)85-66-61(81-46(5)71)59(78-39-50-30-20-12-21-31-50)56(77-38-49-28-18-11-19-29-49)52(83-66)40-73-36-47-24-14-9-15-25-47/h9-33,42,52-62,64-66H,34-41H2,1-8H3,(H,67,68)/t42-,52+,53+,54+,55-,56+,57+,58+,59-,60+,61+,62+,64+,65+,66+/m0/s1. The monoisotopic (exact) mass is 1220 g/mol. The smallest absolute Gasteiger partial charge is 0.338 e.